The van der Waals surface area contributed by atoms with Crippen molar-refractivity contribution in [2.75, 3.05) is 23.7 Å². The third-order valence-electron chi connectivity index (χ3n) is 3.70. The van der Waals surface area contributed by atoms with E-state index in [9.17, 15) is 13.6 Å². The molecule has 0 aliphatic carbocycles. The third-order valence-corrected chi connectivity index (χ3v) is 3.70. The van der Waals surface area contributed by atoms with Crippen molar-refractivity contribution >= 4 is 29.3 Å². The van der Waals surface area contributed by atoms with E-state index in [0.717, 1.165) is 30.0 Å². The molecule has 9 heteroatoms. The van der Waals surface area contributed by atoms with Gasteiger partial charge in [-0.3, -0.25) is 9.78 Å². The highest BCUT2D eigenvalue weighted by Gasteiger charge is 2.02. The maximum atomic E-state index is 13.5. The number of nitrogens with one attached hydrogen (secondary N) is 3. The second kappa shape index (κ2) is 9.88. The largest absolute Gasteiger partial charge is 0.367 e. The molecule has 29 heavy (non-hydrogen) atoms. The van der Waals surface area contributed by atoms with Gasteiger partial charge in [0.15, 0.2) is 5.82 Å². The number of aromatic nitrogens is 3. The average Bonchev–Trinajstić information content (AvgIpc) is 2.74. The molecule has 0 atom stereocenters. The van der Waals surface area contributed by atoms with E-state index in [-0.39, 0.29) is 5.56 Å². The lowest BCUT2D eigenvalue weighted by molar-refractivity contribution is -0.116. The molecule has 2 aromatic heterocycles. The summed E-state index contributed by atoms with van der Waals surface area (Å²) in [6.45, 7) is 0.726. The summed E-state index contributed by atoms with van der Waals surface area (Å²) in [7, 11) is 0. The Morgan fingerprint density at radius 1 is 1.03 bits per heavy atom. The van der Waals surface area contributed by atoms with Gasteiger partial charge in [-0.2, -0.15) is 0 Å². The van der Waals surface area contributed by atoms with Crippen molar-refractivity contribution in [3.63, 3.8) is 0 Å². The lowest BCUT2D eigenvalue weighted by atomic mass is 10.2. The smallest absolute Gasteiger partial charge is 0.244 e. The van der Waals surface area contributed by atoms with Crippen molar-refractivity contribution in [1.82, 2.24) is 20.5 Å². The van der Waals surface area contributed by atoms with E-state index in [0.29, 0.717) is 24.7 Å². The summed E-state index contributed by atoms with van der Waals surface area (Å²) in [6.07, 6.45) is 5.73. The van der Waals surface area contributed by atoms with E-state index in [1.165, 1.54) is 6.08 Å². The van der Waals surface area contributed by atoms with Gasteiger partial charge in [0.1, 0.15) is 17.5 Å². The molecular formula is C20H18F2N6O. The van der Waals surface area contributed by atoms with Crippen LogP contribution in [-0.4, -0.2) is 34.2 Å². The van der Waals surface area contributed by atoms with Gasteiger partial charge in [0.2, 0.25) is 5.91 Å². The molecule has 0 unspecified atom stereocenters. The SMILES string of the molecule is O=C(/C=C/c1cc(F)ccc1F)NCCNc1ccc(Nc2cccnc2)nn1. The molecule has 0 saturated carbocycles. The molecule has 2 heterocycles. The van der Waals surface area contributed by atoms with Gasteiger partial charge in [-0.05, 0) is 48.5 Å². The molecule has 3 rings (SSSR count). The number of pyridine rings is 1. The zero-order chi connectivity index (χ0) is 20.5. The van der Waals surface area contributed by atoms with Crippen molar-refractivity contribution < 1.29 is 13.6 Å². The number of carbonyl (C=O) groups excluding carboxylic acids is 1. The van der Waals surface area contributed by atoms with E-state index in [1.807, 2.05) is 12.1 Å². The Morgan fingerprint density at radius 2 is 1.86 bits per heavy atom. The predicted molar refractivity (Wildman–Crippen MR) is 106 cm³/mol. The molecule has 1 aromatic carbocycles. The van der Waals surface area contributed by atoms with Crippen LogP contribution in [0.4, 0.5) is 26.1 Å². The molecule has 3 N–H and O–H groups in total. The summed E-state index contributed by atoms with van der Waals surface area (Å²) in [4.78, 5) is 15.8. The standard InChI is InChI=1S/C20H18F2N6O/c21-15-4-5-17(22)14(12-15)3-8-20(29)25-11-10-24-18-6-7-19(28-27-18)26-16-2-1-9-23-13-16/h1-9,12-13H,10-11H2,(H,24,27)(H,25,29)(H,26,28)/b8-3+. The molecule has 7 nitrogen and oxygen atoms in total. The fourth-order valence-corrected chi connectivity index (χ4v) is 2.32. The zero-order valence-corrected chi connectivity index (χ0v) is 15.3. The van der Waals surface area contributed by atoms with Crippen molar-refractivity contribution in [2.24, 2.45) is 0 Å². The summed E-state index contributed by atoms with van der Waals surface area (Å²) in [5.74, 6) is -0.465. The van der Waals surface area contributed by atoms with Crippen LogP contribution in [0.25, 0.3) is 6.08 Å². The number of nitrogens with zero attached hydrogens (tertiary/aromatic N) is 3. The minimum Gasteiger partial charge on any atom is -0.367 e. The number of hydrogen-bond donors (Lipinski definition) is 3. The van der Waals surface area contributed by atoms with Crippen LogP contribution in [0.15, 0.2) is 60.9 Å². The Morgan fingerprint density at radius 3 is 2.62 bits per heavy atom. The van der Waals surface area contributed by atoms with Crippen molar-refractivity contribution in [3.05, 3.63) is 78.1 Å². The van der Waals surface area contributed by atoms with E-state index >= 15 is 0 Å². The van der Waals surface area contributed by atoms with E-state index < -0.39 is 17.5 Å². The quantitative estimate of drug-likeness (QED) is 0.400. The molecule has 0 aliphatic rings. The zero-order valence-electron chi connectivity index (χ0n) is 15.3. The summed E-state index contributed by atoms with van der Waals surface area (Å²) in [5, 5.41) is 16.8. The van der Waals surface area contributed by atoms with Gasteiger partial charge in [-0.15, -0.1) is 10.2 Å². The predicted octanol–water partition coefficient (Wildman–Crippen LogP) is 3.13. The molecule has 3 aromatic rings. The van der Waals surface area contributed by atoms with Crippen molar-refractivity contribution in [3.8, 4) is 0 Å². The average molecular weight is 396 g/mol. The Hall–Kier alpha value is -3.88. The first-order valence-electron chi connectivity index (χ1n) is 8.76. The molecule has 148 valence electrons. The Labute approximate surface area is 165 Å². The van der Waals surface area contributed by atoms with Crippen molar-refractivity contribution in [1.29, 1.82) is 0 Å². The van der Waals surface area contributed by atoms with Gasteiger partial charge in [0.25, 0.3) is 0 Å². The van der Waals surface area contributed by atoms with Gasteiger partial charge in [-0.1, -0.05) is 0 Å². The molecule has 1 amide bonds. The maximum absolute atomic E-state index is 13.5. The van der Waals surface area contributed by atoms with Crippen LogP contribution < -0.4 is 16.0 Å². The van der Waals surface area contributed by atoms with Crippen LogP contribution in [0.1, 0.15) is 5.56 Å². The number of rotatable bonds is 8. The lowest BCUT2D eigenvalue weighted by Gasteiger charge is -2.07. The Kier molecular flexibility index (Phi) is 6.77. The number of amides is 1. The highest BCUT2D eigenvalue weighted by Crippen LogP contribution is 2.13. The summed E-state index contributed by atoms with van der Waals surface area (Å²) in [5.41, 5.74) is 0.810. The molecule has 0 bridgehead atoms. The van der Waals surface area contributed by atoms with Gasteiger partial charge in [0.05, 0.1) is 11.9 Å². The van der Waals surface area contributed by atoms with Crippen LogP contribution in [0.2, 0.25) is 0 Å². The molecule has 0 saturated heterocycles. The van der Waals surface area contributed by atoms with Crippen LogP contribution in [-0.2, 0) is 4.79 Å². The number of carbonyl (C=O) groups is 1. The van der Waals surface area contributed by atoms with E-state index in [2.05, 4.69) is 31.1 Å². The third kappa shape index (κ3) is 6.35. The summed E-state index contributed by atoms with van der Waals surface area (Å²) in [6, 6.07) is 10.2. The monoisotopic (exact) mass is 396 g/mol. The van der Waals surface area contributed by atoms with Gasteiger partial charge >= 0.3 is 0 Å². The van der Waals surface area contributed by atoms with E-state index in [4.69, 9.17) is 0 Å². The summed E-state index contributed by atoms with van der Waals surface area (Å²) >= 11 is 0. The second-order valence-corrected chi connectivity index (χ2v) is 5.89. The summed E-state index contributed by atoms with van der Waals surface area (Å²) < 4.78 is 26.6. The van der Waals surface area contributed by atoms with Crippen LogP contribution in [0, 0.1) is 11.6 Å². The number of halogens is 2. The highest BCUT2D eigenvalue weighted by molar-refractivity contribution is 5.91. The number of hydrogen-bond acceptors (Lipinski definition) is 6. The van der Waals surface area contributed by atoms with Crippen LogP contribution >= 0.6 is 0 Å². The highest BCUT2D eigenvalue weighted by atomic mass is 19.1. The minimum absolute atomic E-state index is 0.00790. The molecule has 0 radical (unpaired) electrons. The first kappa shape index (κ1) is 19.9. The van der Waals surface area contributed by atoms with Gasteiger partial charge < -0.3 is 16.0 Å². The number of benzene rings is 1. The fraction of sp³-hybridized carbons (Fsp3) is 0.100. The Balaban J connectivity index is 1.40. The van der Waals surface area contributed by atoms with Gasteiger partial charge in [0, 0.05) is 30.9 Å². The lowest BCUT2D eigenvalue weighted by Crippen LogP contribution is -2.27. The normalized spacial score (nSPS) is 10.7. The second-order valence-electron chi connectivity index (χ2n) is 5.89. The topological polar surface area (TPSA) is 91.8 Å². The van der Waals surface area contributed by atoms with Crippen LogP contribution in [0.3, 0.4) is 0 Å². The van der Waals surface area contributed by atoms with Crippen LogP contribution in [0.5, 0.6) is 0 Å². The molecular weight excluding hydrogens is 378 g/mol. The van der Waals surface area contributed by atoms with Crippen molar-refractivity contribution in [2.45, 2.75) is 0 Å². The number of anilines is 3. The molecule has 0 spiro atoms. The first-order chi connectivity index (χ1) is 14.1. The fourth-order valence-electron chi connectivity index (χ4n) is 2.32. The van der Waals surface area contributed by atoms with E-state index in [1.54, 1.807) is 24.5 Å². The molecule has 0 fully saturated rings. The minimum atomic E-state index is -0.600. The first-order valence-corrected chi connectivity index (χ1v) is 8.76. The Bertz CT molecular complexity index is 980. The molecule has 0 aliphatic heterocycles. The van der Waals surface area contributed by atoms with Gasteiger partial charge in [-0.25, -0.2) is 8.78 Å². The maximum Gasteiger partial charge on any atom is 0.244 e.